The lowest BCUT2D eigenvalue weighted by Crippen LogP contribution is -2.44. The van der Waals surface area contributed by atoms with Crippen LogP contribution < -0.4 is 4.90 Å². The third-order valence-electron chi connectivity index (χ3n) is 6.08. The fraction of sp³-hybridized carbons (Fsp3) is 0.435. The summed E-state index contributed by atoms with van der Waals surface area (Å²) >= 11 is 6.05. The summed E-state index contributed by atoms with van der Waals surface area (Å²) in [5.74, 6) is -0.760. The molecule has 0 aromatic heterocycles. The fourth-order valence-corrected chi connectivity index (χ4v) is 4.74. The van der Waals surface area contributed by atoms with Crippen LogP contribution in [-0.2, 0) is 0 Å². The third-order valence-corrected chi connectivity index (χ3v) is 6.33. The van der Waals surface area contributed by atoms with Gasteiger partial charge >= 0.3 is 0 Å². The SMILES string of the molecule is Cl.O=C(c1ccccc1F)N(c1ccc(Cl)cc1)C1CCN(C2CCCCC2)C1. The van der Waals surface area contributed by atoms with Crippen molar-refractivity contribution in [2.24, 2.45) is 0 Å². The lowest BCUT2D eigenvalue weighted by Gasteiger charge is -2.33. The van der Waals surface area contributed by atoms with E-state index in [1.54, 1.807) is 35.2 Å². The Kier molecular flexibility index (Phi) is 7.55. The number of hydrogen-bond donors (Lipinski definition) is 0. The summed E-state index contributed by atoms with van der Waals surface area (Å²) in [4.78, 5) is 17.7. The van der Waals surface area contributed by atoms with Crippen molar-refractivity contribution < 1.29 is 9.18 Å². The topological polar surface area (TPSA) is 23.6 Å². The van der Waals surface area contributed by atoms with E-state index < -0.39 is 5.82 Å². The second kappa shape index (κ2) is 9.92. The van der Waals surface area contributed by atoms with E-state index in [2.05, 4.69) is 4.90 Å². The first-order valence-electron chi connectivity index (χ1n) is 10.2. The Morgan fingerprint density at radius 1 is 1.00 bits per heavy atom. The van der Waals surface area contributed by atoms with Gasteiger partial charge in [0.25, 0.3) is 5.91 Å². The van der Waals surface area contributed by atoms with E-state index in [-0.39, 0.29) is 29.9 Å². The molecule has 1 heterocycles. The largest absolute Gasteiger partial charge is 0.304 e. The van der Waals surface area contributed by atoms with Gasteiger partial charge in [-0.15, -0.1) is 12.4 Å². The molecule has 1 unspecified atom stereocenters. The number of nitrogens with zero attached hydrogens (tertiary/aromatic N) is 2. The standard InChI is InChI=1S/C23H26ClFN2O.ClH/c24-17-10-12-19(13-11-17)27(23(28)21-8-4-5-9-22(21)25)20-14-15-26(16-20)18-6-2-1-3-7-18;/h4-5,8-13,18,20H,1-3,6-7,14-16H2;1H. The minimum absolute atomic E-state index is 0. The maximum Gasteiger partial charge on any atom is 0.261 e. The first-order valence-corrected chi connectivity index (χ1v) is 10.6. The molecule has 3 nitrogen and oxygen atoms in total. The monoisotopic (exact) mass is 436 g/mol. The van der Waals surface area contributed by atoms with Gasteiger partial charge in [0.15, 0.2) is 0 Å². The molecular formula is C23H27Cl2FN2O. The predicted molar refractivity (Wildman–Crippen MR) is 119 cm³/mol. The van der Waals surface area contributed by atoms with Crippen molar-refractivity contribution in [2.75, 3.05) is 18.0 Å². The molecule has 1 aliphatic heterocycles. The summed E-state index contributed by atoms with van der Waals surface area (Å²) in [6.07, 6.45) is 7.31. The molecule has 2 aliphatic rings. The molecule has 29 heavy (non-hydrogen) atoms. The predicted octanol–water partition coefficient (Wildman–Crippen LogP) is 5.95. The number of anilines is 1. The Balaban J connectivity index is 0.00000240. The first kappa shape index (κ1) is 22.1. The molecule has 0 radical (unpaired) electrons. The molecule has 2 aromatic rings. The average Bonchev–Trinajstić information content (AvgIpc) is 3.20. The van der Waals surface area contributed by atoms with Crippen LogP contribution in [-0.4, -0.2) is 36.0 Å². The molecule has 1 aliphatic carbocycles. The molecule has 1 atom stereocenters. The zero-order valence-electron chi connectivity index (χ0n) is 16.4. The summed E-state index contributed by atoms with van der Waals surface area (Å²) in [7, 11) is 0. The van der Waals surface area contributed by atoms with Gasteiger partial charge in [0.1, 0.15) is 5.82 Å². The summed E-state index contributed by atoms with van der Waals surface area (Å²) in [5.41, 5.74) is 0.890. The Morgan fingerprint density at radius 3 is 2.38 bits per heavy atom. The number of carbonyl (C=O) groups excluding carboxylic acids is 1. The van der Waals surface area contributed by atoms with Crippen LogP contribution in [0.25, 0.3) is 0 Å². The van der Waals surface area contributed by atoms with Crippen molar-refractivity contribution in [3.8, 4) is 0 Å². The molecule has 2 aromatic carbocycles. The fourth-order valence-electron chi connectivity index (χ4n) is 4.62. The Bertz CT molecular complexity index is 824. The molecular weight excluding hydrogens is 410 g/mol. The van der Waals surface area contributed by atoms with Gasteiger partial charge in [-0.2, -0.15) is 0 Å². The molecule has 1 amide bonds. The number of rotatable bonds is 4. The quantitative estimate of drug-likeness (QED) is 0.590. The van der Waals surface area contributed by atoms with Crippen molar-refractivity contribution in [1.82, 2.24) is 4.90 Å². The maximum absolute atomic E-state index is 14.4. The van der Waals surface area contributed by atoms with Crippen LogP contribution in [0.2, 0.25) is 5.02 Å². The highest BCUT2D eigenvalue weighted by atomic mass is 35.5. The van der Waals surface area contributed by atoms with Crippen molar-refractivity contribution in [3.05, 3.63) is 64.9 Å². The second-order valence-electron chi connectivity index (χ2n) is 7.86. The number of amides is 1. The normalized spacial score (nSPS) is 20.3. The van der Waals surface area contributed by atoms with Gasteiger partial charge in [-0.05, 0) is 55.7 Å². The highest BCUT2D eigenvalue weighted by Crippen LogP contribution is 2.31. The summed E-state index contributed by atoms with van der Waals surface area (Å²) in [6, 6.07) is 14.2. The average molecular weight is 437 g/mol. The van der Waals surface area contributed by atoms with Gasteiger partial charge in [0.2, 0.25) is 0 Å². The molecule has 0 bridgehead atoms. The van der Waals surface area contributed by atoms with Gasteiger partial charge in [-0.3, -0.25) is 9.69 Å². The number of benzene rings is 2. The highest BCUT2D eigenvalue weighted by Gasteiger charge is 2.36. The summed E-state index contributed by atoms with van der Waals surface area (Å²) < 4.78 is 14.4. The maximum atomic E-state index is 14.4. The van der Waals surface area contributed by atoms with Crippen LogP contribution >= 0.6 is 24.0 Å². The summed E-state index contributed by atoms with van der Waals surface area (Å²) in [5, 5.41) is 0.622. The van der Waals surface area contributed by atoms with Gasteiger partial charge < -0.3 is 4.90 Å². The van der Waals surface area contributed by atoms with E-state index in [0.717, 1.165) is 25.2 Å². The van der Waals surface area contributed by atoms with E-state index in [9.17, 15) is 9.18 Å². The second-order valence-corrected chi connectivity index (χ2v) is 8.30. The van der Waals surface area contributed by atoms with Crippen LogP contribution in [0, 0.1) is 5.82 Å². The molecule has 0 N–H and O–H groups in total. The van der Waals surface area contributed by atoms with Gasteiger partial charge in [-0.1, -0.05) is 43.0 Å². The number of halogens is 3. The minimum Gasteiger partial charge on any atom is -0.304 e. The van der Waals surface area contributed by atoms with Crippen LogP contribution in [0.1, 0.15) is 48.9 Å². The molecule has 0 spiro atoms. The van der Waals surface area contributed by atoms with E-state index in [0.29, 0.717) is 11.1 Å². The van der Waals surface area contributed by atoms with Crippen LogP contribution in [0.15, 0.2) is 48.5 Å². The van der Waals surface area contributed by atoms with Crippen LogP contribution in [0.3, 0.4) is 0 Å². The minimum atomic E-state index is -0.478. The zero-order chi connectivity index (χ0) is 19.5. The Morgan fingerprint density at radius 2 is 1.69 bits per heavy atom. The van der Waals surface area contributed by atoms with E-state index in [4.69, 9.17) is 11.6 Å². The van der Waals surface area contributed by atoms with Gasteiger partial charge in [0.05, 0.1) is 11.6 Å². The third kappa shape index (κ3) is 4.93. The molecule has 4 rings (SSSR count). The lowest BCUT2D eigenvalue weighted by molar-refractivity contribution is 0.0971. The molecule has 156 valence electrons. The van der Waals surface area contributed by atoms with E-state index in [1.165, 1.54) is 38.2 Å². The summed E-state index contributed by atoms with van der Waals surface area (Å²) in [6.45, 7) is 1.83. The Labute approximate surface area is 183 Å². The smallest absolute Gasteiger partial charge is 0.261 e. The van der Waals surface area contributed by atoms with Crippen LogP contribution in [0.5, 0.6) is 0 Å². The van der Waals surface area contributed by atoms with Gasteiger partial charge in [0, 0.05) is 29.8 Å². The first-order chi connectivity index (χ1) is 13.6. The Hall–Kier alpha value is -1.62. The molecule has 6 heteroatoms. The highest BCUT2D eigenvalue weighted by molar-refractivity contribution is 6.30. The lowest BCUT2D eigenvalue weighted by atomic mass is 9.94. The number of carbonyl (C=O) groups is 1. The van der Waals surface area contributed by atoms with Crippen molar-refractivity contribution in [3.63, 3.8) is 0 Å². The number of hydrogen-bond acceptors (Lipinski definition) is 2. The van der Waals surface area contributed by atoms with E-state index >= 15 is 0 Å². The molecule has 1 saturated carbocycles. The van der Waals surface area contributed by atoms with Crippen molar-refractivity contribution >= 4 is 35.6 Å². The number of likely N-dealkylation sites (tertiary alicyclic amines) is 1. The molecule has 1 saturated heterocycles. The van der Waals surface area contributed by atoms with Gasteiger partial charge in [-0.25, -0.2) is 4.39 Å². The van der Waals surface area contributed by atoms with Crippen LogP contribution in [0.4, 0.5) is 10.1 Å². The zero-order valence-corrected chi connectivity index (χ0v) is 18.0. The molecule has 2 fully saturated rings. The van der Waals surface area contributed by atoms with E-state index in [1.807, 2.05) is 12.1 Å². The van der Waals surface area contributed by atoms with Crippen molar-refractivity contribution in [1.29, 1.82) is 0 Å². The van der Waals surface area contributed by atoms with Crippen molar-refractivity contribution in [2.45, 2.75) is 50.6 Å².